The highest BCUT2D eigenvalue weighted by atomic mass is 19.1. The number of hydrogen-bond donors (Lipinski definition) is 2. The average Bonchev–Trinajstić information content (AvgIpc) is 3.01. The maximum absolute atomic E-state index is 14.2. The molecule has 1 aromatic heterocycles. The van der Waals surface area contributed by atoms with Crippen LogP contribution in [0.4, 0.5) is 8.78 Å². The van der Waals surface area contributed by atoms with Gasteiger partial charge < -0.3 is 19.9 Å². The van der Waals surface area contributed by atoms with Crippen LogP contribution in [0, 0.1) is 17.6 Å². The molecule has 2 aromatic carbocycles. The number of benzene rings is 2. The number of rotatable bonds is 7. The first kappa shape index (κ1) is 21.0. The van der Waals surface area contributed by atoms with Crippen LogP contribution in [-0.2, 0) is 22.7 Å². The lowest BCUT2D eigenvalue weighted by Gasteiger charge is -2.32. The molecule has 0 radical (unpaired) electrons. The quantitative estimate of drug-likeness (QED) is 0.607. The highest BCUT2D eigenvalue weighted by Crippen LogP contribution is 2.34. The van der Waals surface area contributed by atoms with Gasteiger partial charge in [-0.2, -0.15) is 0 Å². The van der Waals surface area contributed by atoms with Crippen LogP contribution in [-0.4, -0.2) is 46.1 Å². The van der Waals surface area contributed by atoms with Gasteiger partial charge in [-0.25, -0.2) is 8.78 Å². The Morgan fingerprint density at radius 1 is 1.13 bits per heavy atom. The Labute approximate surface area is 178 Å². The predicted octanol–water partition coefficient (Wildman–Crippen LogP) is 3.24. The van der Waals surface area contributed by atoms with Crippen LogP contribution in [0.1, 0.15) is 12.5 Å². The third-order valence-corrected chi connectivity index (χ3v) is 5.69. The standard InChI is InChI=1S/C23H23F2N3O3/c1-2-27(23(31)15-9-26-10-15)11-14-7-16(24)3-5-18(14)20-12-28(13-22(29)30)21-6-4-17(25)8-19(20)21/h3-8,12,15,26H,2,9-11,13H2,1H3,(H,29,30). The van der Waals surface area contributed by atoms with E-state index in [1.807, 2.05) is 6.92 Å². The second kappa shape index (κ2) is 8.47. The van der Waals surface area contributed by atoms with Gasteiger partial charge in [-0.1, -0.05) is 6.07 Å². The molecule has 0 spiro atoms. The highest BCUT2D eigenvalue weighted by Gasteiger charge is 2.29. The molecule has 1 aliphatic heterocycles. The van der Waals surface area contributed by atoms with Gasteiger partial charge in [-0.15, -0.1) is 0 Å². The van der Waals surface area contributed by atoms with Crippen molar-refractivity contribution in [2.24, 2.45) is 5.92 Å². The summed E-state index contributed by atoms with van der Waals surface area (Å²) in [6, 6.07) is 8.44. The zero-order chi connectivity index (χ0) is 22.1. The summed E-state index contributed by atoms with van der Waals surface area (Å²) < 4.78 is 29.7. The minimum atomic E-state index is -1.02. The van der Waals surface area contributed by atoms with Gasteiger partial charge in [0, 0.05) is 48.8 Å². The van der Waals surface area contributed by atoms with Crippen LogP contribution in [0.2, 0.25) is 0 Å². The van der Waals surface area contributed by atoms with Crippen molar-refractivity contribution in [3.05, 3.63) is 59.8 Å². The van der Waals surface area contributed by atoms with Gasteiger partial charge in [0.25, 0.3) is 0 Å². The van der Waals surface area contributed by atoms with E-state index >= 15 is 0 Å². The number of aliphatic carboxylic acids is 1. The Kier molecular flexibility index (Phi) is 5.73. The van der Waals surface area contributed by atoms with Crippen LogP contribution in [0.15, 0.2) is 42.6 Å². The van der Waals surface area contributed by atoms with Crippen molar-refractivity contribution in [3.8, 4) is 11.1 Å². The first-order valence-corrected chi connectivity index (χ1v) is 10.2. The maximum atomic E-state index is 14.2. The van der Waals surface area contributed by atoms with E-state index in [4.69, 9.17) is 0 Å². The molecule has 31 heavy (non-hydrogen) atoms. The molecule has 4 rings (SSSR count). The summed E-state index contributed by atoms with van der Waals surface area (Å²) in [7, 11) is 0. The molecule has 8 heteroatoms. The van der Waals surface area contributed by atoms with Gasteiger partial charge in [0.1, 0.15) is 18.2 Å². The fourth-order valence-electron chi connectivity index (χ4n) is 3.99. The average molecular weight is 427 g/mol. The lowest BCUT2D eigenvalue weighted by Crippen LogP contribution is -2.51. The van der Waals surface area contributed by atoms with Crippen molar-refractivity contribution in [1.29, 1.82) is 0 Å². The topological polar surface area (TPSA) is 74.6 Å². The molecule has 0 bridgehead atoms. The van der Waals surface area contributed by atoms with Gasteiger partial charge in [0.2, 0.25) is 5.91 Å². The second-order valence-corrected chi connectivity index (χ2v) is 7.73. The fraction of sp³-hybridized carbons (Fsp3) is 0.304. The van der Waals surface area contributed by atoms with E-state index in [9.17, 15) is 23.5 Å². The number of carboxylic acid groups (broad SMARTS) is 1. The predicted molar refractivity (Wildman–Crippen MR) is 112 cm³/mol. The Hall–Kier alpha value is -3.26. The minimum absolute atomic E-state index is 0.0100. The Bertz CT molecular complexity index is 1150. The van der Waals surface area contributed by atoms with Gasteiger partial charge in [-0.3, -0.25) is 9.59 Å². The molecular weight excluding hydrogens is 404 g/mol. The summed E-state index contributed by atoms with van der Waals surface area (Å²) in [5, 5.41) is 12.9. The van der Waals surface area contributed by atoms with E-state index in [1.165, 1.54) is 34.9 Å². The number of aromatic nitrogens is 1. The van der Waals surface area contributed by atoms with Gasteiger partial charge in [0.05, 0.1) is 5.92 Å². The van der Waals surface area contributed by atoms with E-state index < -0.39 is 17.6 Å². The number of halogens is 2. The van der Waals surface area contributed by atoms with E-state index in [1.54, 1.807) is 17.2 Å². The summed E-state index contributed by atoms with van der Waals surface area (Å²) in [5.74, 6) is -1.98. The third kappa shape index (κ3) is 4.16. The molecule has 0 saturated carbocycles. The van der Waals surface area contributed by atoms with Gasteiger partial charge >= 0.3 is 5.97 Å². The lowest BCUT2D eigenvalue weighted by atomic mass is 9.97. The zero-order valence-corrected chi connectivity index (χ0v) is 17.1. The van der Waals surface area contributed by atoms with Crippen molar-refractivity contribution < 1.29 is 23.5 Å². The van der Waals surface area contributed by atoms with Crippen molar-refractivity contribution in [2.45, 2.75) is 20.0 Å². The maximum Gasteiger partial charge on any atom is 0.323 e. The van der Waals surface area contributed by atoms with Crippen molar-refractivity contribution in [3.63, 3.8) is 0 Å². The van der Waals surface area contributed by atoms with Crippen molar-refractivity contribution in [1.82, 2.24) is 14.8 Å². The van der Waals surface area contributed by atoms with E-state index in [-0.39, 0.29) is 24.9 Å². The smallest absolute Gasteiger partial charge is 0.323 e. The molecule has 3 aromatic rings. The SMILES string of the molecule is CCN(Cc1cc(F)ccc1-c1cn(CC(=O)O)c2ccc(F)cc12)C(=O)C1CNC1. The molecule has 2 N–H and O–H groups in total. The first-order valence-electron chi connectivity index (χ1n) is 10.2. The summed E-state index contributed by atoms with van der Waals surface area (Å²) in [5.41, 5.74) is 2.39. The molecule has 0 atom stereocenters. The highest BCUT2D eigenvalue weighted by molar-refractivity contribution is 5.97. The minimum Gasteiger partial charge on any atom is -0.480 e. The number of hydrogen-bond acceptors (Lipinski definition) is 3. The number of nitrogens with zero attached hydrogens (tertiary/aromatic N) is 2. The zero-order valence-electron chi connectivity index (χ0n) is 17.1. The number of carbonyl (C=O) groups is 2. The molecule has 6 nitrogen and oxygen atoms in total. The largest absolute Gasteiger partial charge is 0.480 e. The Balaban J connectivity index is 1.80. The van der Waals surface area contributed by atoms with E-state index in [2.05, 4.69) is 5.32 Å². The number of amides is 1. The molecule has 1 amide bonds. The van der Waals surface area contributed by atoms with Crippen LogP contribution in [0.3, 0.4) is 0 Å². The molecule has 1 saturated heterocycles. The molecule has 0 aliphatic carbocycles. The lowest BCUT2D eigenvalue weighted by molar-refractivity contribution is -0.138. The van der Waals surface area contributed by atoms with Gasteiger partial charge in [-0.05, 0) is 48.4 Å². The van der Waals surface area contributed by atoms with Gasteiger partial charge in [0.15, 0.2) is 0 Å². The number of fused-ring (bicyclic) bond motifs is 1. The van der Waals surface area contributed by atoms with Crippen molar-refractivity contribution in [2.75, 3.05) is 19.6 Å². The van der Waals surface area contributed by atoms with Crippen LogP contribution in [0.5, 0.6) is 0 Å². The van der Waals surface area contributed by atoms with Crippen LogP contribution >= 0.6 is 0 Å². The summed E-state index contributed by atoms with van der Waals surface area (Å²) in [6.07, 6.45) is 1.64. The summed E-state index contributed by atoms with van der Waals surface area (Å²) in [4.78, 5) is 25.7. The monoisotopic (exact) mass is 427 g/mol. The summed E-state index contributed by atoms with van der Waals surface area (Å²) >= 11 is 0. The van der Waals surface area contributed by atoms with Crippen molar-refractivity contribution >= 4 is 22.8 Å². The molecule has 0 unspecified atom stereocenters. The molecule has 2 heterocycles. The van der Waals surface area contributed by atoms with Crippen LogP contribution in [0.25, 0.3) is 22.0 Å². The van der Waals surface area contributed by atoms with E-state index in [0.29, 0.717) is 47.2 Å². The second-order valence-electron chi connectivity index (χ2n) is 7.73. The Morgan fingerprint density at radius 3 is 2.48 bits per heavy atom. The number of carbonyl (C=O) groups excluding carboxylic acids is 1. The molecule has 1 aliphatic rings. The molecule has 162 valence electrons. The van der Waals surface area contributed by atoms with Crippen LogP contribution < -0.4 is 5.32 Å². The first-order chi connectivity index (χ1) is 14.9. The molecular formula is C23H23F2N3O3. The fourth-order valence-corrected chi connectivity index (χ4v) is 3.99. The summed E-state index contributed by atoms with van der Waals surface area (Å²) in [6.45, 7) is 3.53. The number of carboxylic acids is 1. The molecule has 1 fully saturated rings. The normalized spacial score (nSPS) is 13.9. The third-order valence-electron chi connectivity index (χ3n) is 5.69. The Morgan fingerprint density at radius 2 is 1.84 bits per heavy atom. The van der Waals surface area contributed by atoms with E-state index in [0.717, 1.165) is 0 Å². The number of nitrogens with one attached hydrogen (secondary N) is 1.